The molecule has 1 aliphatic heterocycles. The highest BCUT2D eigenvalue weighted by molar-refractivity contribution is 5.97. The summed E-state index contributed by atoms with van der Waals surface area (Å²) in [5, 5.41) is 0. The molecular weight excluding hydrogens is 485 g/mol. The van der Waals surface area contributed by atoms with Crippen LogP contribution in [0.4, 0.5) is 13.2 Å². The Hall–Kier alpha value is -3.23. The van der Waals surface area contributed by atoms with E-state index in [1.807, 2.05) is 28.9 Å². The van der Waals surface area contributed by atoms with Crippen LogP contribution in [0.1, 0.15) is 72.6 Å². The molecule has 9 heteroatoms. The number of ether oxygens (including phenoxy) is 2. The Morgan fingerprint density at radius 1 is 1.00 bits per heavy atom. The Kier molecular flexibility index (Phi) is 8.61. The van der Waals surface area contributed by atoms with Crippen molar-refractivity contribution < 1.29 is 32.2 Å². The zero-order valence-electron chi connectivity index (χ0n) is 21.0. The summed E-state index contributed by atoms with van der Waals surface area (Å²) in [4.78, 5) is 30.7. The maximum atomic E-state index is 13.7. The first-order valence-electron chi connectivity index (χ1n) is 13.0. The van der Waals surface area contributed by atoms with Gasteiger partial charge >= 0.3 is 6.36 Å². The maximum Gasteiger partial charge on any atom is 0.573 e. The van der Waals surface area contributed by atoms with Crippen LogP contribution in [0.2, 0.25) is 0 Å². The first-order chi connectivity index (χ1) is 17.8. The van der Waals surface area contributed by atoms with Crippen molar-refractivity contribution in [2.45, 2.75) is 70.4 Å². The molecule has 1 fully saturated rings. The number of benzene rings is 2. The molecule has 2 aromatic rings. The lowest BCUT2D eigenvalue weighted by Gasteiger charge is -2.40. The van der Waals surface area contributed by atoms with Gasteiger partial charge in [0.2, 0.25) is 0 Å². The molecule has 0 unspecified atom stereocenters. The first kappa shape index (κ1) is 26.8. The molecule has 4 rings (SSSR count). The summed E-state index contributed by atoms with van der Waals surface area (Å²) in [6, 6.07) is 12.1. The number of fused-ring (bicyclic) bond motifs is 2. The summed E-state index contributed by atoms with van der Waals surface area (Å²) in [5.74, 6) is -0.133. The average Bonchev–Trinajstić information content (AvgIpc) is 2.87. The predicted molar refractivity (Wildman–Crippen MR) is 133 cm³/mol. The van der Waals surface area contributed by atoms with Crippen molar-refractivity contribution in [2.24, 2.45) is 0 Å². The van der Waals surface area contributed by atoms with Gasteiger partial charge < -0.3 is 19.3 Å². The van der Waals surface area contributed by atoms with E-state index in [4.69, 9.17) is 4.74 Å². The van der Waals surface area contributed by atoms with Crippen LogP contribution in [0.25, 0.3) is 0 Å². The predicted octanol–water partition coefficient (Wildman–Crippen LogP) is 6.06. The molecule has 6 nitrogen and oxygen atoms in total. The van der Waals surface area contributed by atoms with E-state index in [1.54, 1.807) is 12.1 Å². The molecule has 0 spiro atoms. The first-order valence-corrected chi connectivity index (χ1v) is 13.0. The van der Waals surface area contributed by atoms with Crippen molar-refractivity contribution >= 4 is 11.8 Å². The van der Waals surface area contributed by atoms with Gasteiger partial charge in [-0.1, -0.05) is 25.5 Å². The Morgan fingerprint density at radius 3 is 2.43 bits per heavy atom. The smallest absolute Gasteiger partial charge is 0.487 e. The van der Waals surface area contributed by atoms with Crippen molar-refractivity contribution in [1.82, 2.24) is 9.80 Å². The Morgan fingerprint density at radius 2 is 1.70 bits per heavy atom. The Bertz CT molecular complexity index is 1070. The zero-order chi connectivity index (χ0) is 26.4. The van der Waals surface area contributed by atoms with Crippen molar-refractivity contribution in [1.29, 1.82) is 0 Å². The van der Waals surface area contributed by atoms with Gasteiger partial charge in [0.1, 0.15) is 17.6 Å². The molecule has 2 amide bonds. The molecule has 0 aromatic heterocycles. The molecule has 2 aliphatic rings. The lowest BCUT2D eigenvalue weighted by atomic mass is 9.90. The van der Waals surface area contributed by atoms with Crippen LogP contribution < -0.4 is 9.47 Å². The van der Waals surface area contributed by atoms with Gasteiger partial charge in [0, 0.05) is 25.2 Å². The van der Waals surface area contributed by atoms with E-state index in [0.29, 0.717) is 42.9 Å². The molecule has 0 N–H and O–H groups in total. The fraction of sp³-hybridized carbons (Fsp3) is 0.500. The summed E-state index contributed by atoms with van der Waals surface area (Å²) in [7, 11) is 0. The van der Waals surface area contributed by atoms with E-state index in [1.165, 1.54) is 12.1 Å². The van der Waals surface area contributed by atoms with Crippen LogP contribution in [-0.4, -0.2) is 59.8 Å². The molecule has 2 aromatic carbocycles. The molecule has 37 heavy (non-hydrogen) atoms. The van der Waals surface area contributed by atoms with Gasteiger partial charge in [0.05, 0.1) is 11.6 Å². The number of rotatable bonds is 4. The van der Waals surface area contributed by atoms with E-state index >= 15 is 0 Å². The monoisotopic (exact) mass is 518 g/mol. The van der Waals surface area contributed by atoms with E-state index in [2.05, 4.69) is 4.74 Å². The quantitative estimate of drug-likeness (QED) is 0.494. The average molecular weight is 519 g/mol. The number of para-hydroxylation sites is 1. The molecule has 0 bridgehead atoms. The van der Waals surface area contributed by atoms with Crippen LogP contribution in [0.15, 0.2) is 48.5 Å². The van der Waals surface area contributed by atoms with Crippen LogP contribution in [0.5, 0.6) is 11.5 Å². The van der Waals surface area contributed by atoms with Gasteiger partial charge in [-0.25, -0.2) is 0 Å². The number of carbonyl (C=O) groups is 2. The maximum absolute atomic E-state index is 13.7. The number of hydrogen-bond acceptors (Lipinski definition) is 4. The van der Waals surface area contributed by atoms with Crippen molar-refractivity contribution in [3.05, 3.63) is 59.7 Å². The standard InChI is InChI=1S/C28H33F3N2O4/c1-2-17-32-18-7-8-19-33(26(34)20-13-15-21(16-14-20)37-28(29,30)31)23-10-4-6-12-25(23)36-24-11-5-3-9-22(24)27(32)35/h3,5,9,11,13-16,23,25H,2,4,6-8,10,12,17-19H2,1H3/t23-,25+/m1/s1. The fourth-order valence-corrected chi connectivity index (χ4v) is 5.20. The van der Waals surface area contributed by atoms with Gasteiger partial charge in [-0.3, -0.25) is 9.59 Å². The second-order valence-electron chi connectivity index (χ2n) is 9.57. The lowest BCUT2D eigenvalue weighted by Crippen LogP contribution is -2.51. The second kappa shape index (κ2) is 11.9. The number of alkyl halides is 3. The lowest BCUT2D eigenvalue weighted by molar-refractivity contribution is -0.274. The molecule has 1 heterocycles. The minimum absolute atomic E-state index is 0.0421. The topological polar surface area (TPSA) is 59.1 Å². The SMILES string of the molecule is CCCN1CCCCN(C(=O)c2ccc(OC(F)(F)F)cc2)[C@@H]2CCCC[C@@H]2Oc2ccccc2C1=O. The molecule has 2 atom stereocenters. The van der Waals surface area contributed by atoms with E-state index in [0.717, 1.165) is 50.7 Å². The summed E-state index contributed by atoms with van der Waals surface area (Å²) in [5.41, 5.74) is 0.827. The highest BCUT2D eigenvalue weighted by atomic mass is 19.4. The van der Waals surface area contributed by atoms with Crippen LogP contribution >= 0.6 is 0 Å². The number of carbonyl (C=O) groups excluding carboxylic acids is 2. The molecule has 0 radical (unpaired) electrons. The Balaban J connectivity index is 1.63. The van der Waals surface area contributed by atoms with Gasteiger partial charge in [-0.05, 0) is 74.9 Å². The molecule has 1 aliphatic carbocycles. The van der Waals surface area contributed by atoms with Gasteiger partial charge in [0.25, 0.3) is 11.8 Å². The van der Waals surface area contributed by atoms with Gasteiger partial charge in [-0.2, -0.15) is 0 Å². The third kappa shape index (κ3) is 6.76. The van der Waals surface area contributed by atoms with Crippen molar-refractivity contribution in [2.75, 3.05) is 19.6 Å². The molecule has 0 saturated heterocycles. The molecule has 1 saturated carbocycles. The number of hydrogen-bond donors (Lipinski definition) is 0. The number of nitrogens with zero attached hydrogens (tertiary/aromatic N) is 2. The third-order valence-corrected chi connectivity index (χ3v) is 6.92. The molecular formula is C28H33F3N2O4. The highest BCUT2D eigenvalue weighted by Gasteiger charge is 2.36. The number of amides is 2. The second-order valence-corrected chi connectivity index (χ2v) is 9.57. The van der Waals surface area contributed by atoms with E-state index in [9.17, 15) is 22.8 Å². The Labute approximate surface area is 215 Å². The minimum Gasteiger partial charge on any atom is -0.487 e. The van der Waals surface area contributed by atoms with E-state index in [-0.39, 0.29) is 29.7 Å². The summed E-state index contributed by atoms with van der Waals surface area (Å²) < 4.78 is 48.1. The van der Waals surface area contributed by atoms with Gasteiger partial charge in [0.15, 0.2) is 0 Å². The van der Waals surface area contributed by atoms with Crippen LogP contribution in [-0.2, 0) is 0 Å². The van der Waals surface area contributed by atoms with E-state index < -0.39 is 6.36 Å². The zero-order valence-corrected chi connectivity index (χ0v) is 21.0. The van der Waals surface area contributed by atoms with Crippen LogP contribution in [0.3, 0.4) is 0 Å². The van der Waals surface area contributed by atoms with Gasteiger partial charge in [-0.15, -0.1) is 13.2 Å². The highest BCUT2D eigenvalue weighted by Crippen LogP contribution is 2.32. The largest absolute Gasteiger partial charge is 0.573 e. The summed E-state index contributed by atoms with van der Waals surface area (Å²) in [6.45, 7) is 3.71. The normalized spacial score (nSPS) is 21.1. The number of halogens is 3. The van der Waals surface area contributed by atoms with Crippen molar-refractivity contribution in [3.63, 3.8) is 0 Å². The fourth-order valence-electron chi connectivity index (χ4n) is 5.20. The molecule has 200 valence electrons. The third-order valence-electron chi connectivity index (χ3n) is 6.92. The van der Waals surface area contributed by atoms with Crippen molar-refractivity contribution in [3.8, 4) is 11.5 Å². The summed E-state index contributed by atoms with van der Waals surface area (Å²) in [6.07, 6.45) is 0.559. The minimum atomic E-state index is -4.79. The summed E-state index contributed by atoms with van der Waals surface area (Å²) >= 11 is 0. The van der Waals surface area contributed by atoms with Crippen LogP contribution in [0, 0.1) is 0 Å².